The van der Waals surface area contributed by atoms with Gasteiger partial charge in [0.15, 0.2) is 0 Å². The zero-order chi connectivity index (χ0) is 15.0. The Labute approximate surface area is 142 Å². The molecule has 2 aliphatic carbocycles. The van der Waals surface area contributed by atoms with Crippen molar-refractivity contribution in [3.8, 4) is 0 Å². The van der Waals surface area contributed by atoms with E-state index in [4.69, 9.17) is 0 Å². The van der Waals surface area contributed by atoms with E-state index in [1.807, 2.05) is 5.57 Å². The zero-order valence-electron chi connectivity index (χ0n) is 13.5. The molecular formula is C19H25SiTi. The summed E-state index contributed by atoms with van der Waals surface area (Å²) in [6.07, 6.45) is 5.50. The van der Waals surface area contributed by atoms with Crippen LogP contribution in [0.4, 0.5) is 0 Å². The molecule has 0 amide bonds. The van der Waals surface area contributed by atoms with Gasteiger partial charge in [-0.15, -0.1) is 0 Å². The van der Waals surface area contributed by atoms with Gasteiger partial charge in [-0.3, -0.25) is 0 Å². The van der Waals surface area contributed by atoms with Crippen LogP contribution >= 0.6 is 0 Å². The molecule has 0 radical (unpaired) electrons. The van der Waals surface area contributed by atoms with Crippen molar-refractivity contribution >= 4 is 13.3 Å². The molecule has 0 bridgehead atoms. The van der Waals surface area contributed by atoms with Crippen LogP contribution in [0.3, 0.4) is 0 Å². The molecule has 21 heavy (non-hydrogen) atoms. The fourth-order valence-corrected chi connectivity index (χ4v) is 7.87. The molecular weight excluding hydrogens is 304 g/mol. The van der Waals surface area contributed by atoms with Crippen molar-refractivity contribution in [3.05, 3.63) is 50.9 Å². The summed E-state index contributed by atoms with van der Waals surface area (Å²) in [5, 5.41) is 1.61. The van der Waals surface area contributed by atoms with Gasteiger partial charge in [0, 0.05) is 0 Å². The van der Waals surface area contributed by atoms with Crippen LogP contribution in [0.1, 0.15) is 32.6 Å². The molecule has 1 unspecified atom stereocenters. The van der Waals surface area contributed by atoms with Gasteiger partial charge in [0.2, 0.25) is 0 Å². The van der Waals surface area contributed by atoms with Gasteiger partial charge >= 0.3 is 142 Å². The summed E-state index contributed by atoms with van der Waals surface area (Å²) in [5.74, 6) is 0.752. The van der Waals surface area contributed by atoms with Crippen molar-refractivity contribution in [1.29, 1.82) is 0 Å². The van der Waals surface area contributed by atoms with Crippen LogP contribution in [0.25, 0.3) is 0 Å². The van der Waals surface area contributed by atoms with Gasteiger partial charge in [0.05, 0.1) is 0 Å². The van der Waals surface area contributed by atoms with E-state index in [0.717, 1.165) is 5.92 Å². The first-order chi connectivity index (χ1) is 10.0. The number of rotatable bonds is 3. The summed E-state index contributed by atoms with van der Waals surface area (Å²) in [4.78, 5) is 0. The van der Waals surface area contributed by atoms with Gasteiger partial charge in [-0.05, 0) is 0 Å². The van der Waals surface area contributed by atoms with Crippen LogP contribution in [0.15, 0.2) is 50.9 Å². The third kappa shape index (κ3) is 2.93. The third-order valence-corrected chi connectivity index (χ3v) is 9.86. The van der Waals surface area contributed by atoms with E-state index >= 15 is 0 Å². The number of hydrogen-bond acceptors (Lipinski definition) is 0. The Hall–Kier alpha value is -0.369. The van der Waals surface area contributed by atoms with Gasteiger partial charge in [-0.1, -0.05) is 0 Å². The van der Waals surface area contributed by atoms with Crippen LogP contribution in [-0.4, -0.2) is 8.07 Å². The molecule has 0 N–H and O–H groups in total. The summed E-state index contributed by atoms with van der Waals surface area (Å²) in [7, 11) is -1.36. The third-order valence-electron chi connectivity index (χ3n) is 5.41. The molecule has 0 heterocycles. The Morgan fingerprint density at radius 3 is 2.48 bits per heavy atom. The number of allylic oxidation sites excluding steroid dienone is 4. The Balaban J connectivity index is 1.89. The van der Waals surface area contributed by atoms with Crippen molar-refractivity contribution in [2.75, 3.05) is 0 Å². The second kappa shape index (κ2) is 6.02. The van der Waals surface area contributed by atoms with E-state index < -0.39 is 8.07 Å². The summed E-state index contributed by atoms with van der Waals surface area (Å²) in [6, 6.07) is 12.6. The van der Waals surface area contributed by atoms with Gasteiger partial charge < -0.3 is 0 Å². The molecule has 3 rings (SSSR count). The molecule has 109 valence electrons. The van der Waals surface area contributed by atoms with E-state index in [9.17, 15) is 0 Å². The maximum absolute atomic E-state index is 2.55. The average Bonchev–Trinajstić information content (AvgIpc) is 2.74. The monoisotopic (exact) mass is 329 g/mol. The van der Waals surface area contributed by atoms with Crippen molar-refractivity contribution in [2.45, 2.75) is 51.7 Å². The van der Waals surface area contributed by atoms with Gasteiger partial charge in [0.25, 0.3) is 0 Å². The van der Waals surface area contributed by atoms with Crippen LogP contribution in [0.2, 0.25) is 19.1 Å². The predicted molar refractivity (Wildman–Crippen MR) is 90.0 cm³/mol. The molecule has 0 aromatic heterocycles. The second-order valence-electron chi connectivity index (χ2n) is 7.26. The minimum absolute atomic E-state index is 0.752. The van der Waals surface area contributed by atoms with Gasteiger partial charge in [-0.25, -0.2) is 0 Å². The SMILES string of the molecule is CC1=[C]([Ti])C(C[Si](C)(C)c2ccccc2)C2=C1CCCC2. The summed E-state index contributed by atoms with van der Waals surface area (Å²) in [5.41, 5.74) is 5.18. The summed E-state index contributed by atoms with van der Waals surface area (Å²) in [6.45, 7) is 7.46. The molecule has 0 saturated carbocycles. The predicted octanol–water partition coefficient (Wildman–Crippen LogP) is 4.92. The zero-order valence-corrected chi connectivity index (χ0v) is 16.1. The topological polar surface area (TPSA) is 0 Å². The summed E-state index contributed by atoms with van der Waals surface area (Å²) < 4.78 is 1.68. The first kappa shape index (κ1) is 15.5. The fourth-order valence-electron chi connectivity index (χ4n) is 4.08. The number of benzene rings is 1. The Morgan fingerprint density at radius 1 is 1.10 bits per heavy atom. The molecule has 0 spiro atoms. The molecule has 0 aliphatic heterocycles. The molecule has 0 fully saturated rings. The minimum atomic E-state index is -1.36. The van der Waals surface area contributed by atoms with Gasteiger partial charge in [0.1, 0.15) is 0 Å². The maximum atomic E-state index is 2.55. The van der Waals surface area contributed by atoms with Crippen molar-refractivity contribution < 1.29 is 20.4 Å². The van der Waals surface area contributed by atoms with Crippen molar-refractivity contribution in [2.24, 2.45) is 5.92 Å². The first-order valence-electron chi connectivity index (χ1n) is 8.21. The Kier molecular flexibility index (Phi) is 4.45. The van der Waals surface area contributed by atoms with Crippen LogP contribution < -0.4 is 5.19 Å². The molecule has 2 heteroatoms. The average molecular weight is 329 g/mol. The standard InChI is InChI=1S/C19H25Si.Ti/c1-15-13-16(19-12-8-7-11-18(15)19)14-20(2,3)17-9-5-4-6-10-17;/h4-6,9-10,16H,7-8,11-12,14H2,1-3H3;. The summed E-state index contributed by atoms with van der Waals surface area (Å²) >= 11 is 2.40. The fraction of sp³-hybridized carbons (Fsp3) is 0.474. The number of hydrogen-bond donors (Lipinski definition) is 0. The molecule has 0 saturated heterocycles. The van der Waals surface area contributed by atoms with Crippen molar-refractivity contribution in [3.63, 3.8) is 0 Å². The van der Waals surface area contributed by atoms with Crippen LogP contribution in [0, 0.1) is 5.92 Å². The van der Waals surface area contributed by atoms with E-state index in [2.05, 4.69) is 70.8 Å². The van der Waals surface area contributed by atoms with Crippen LogP contribution in [0.5, 0.6) is 0 Å². The van der Waals surface area contributed by atoms with E-state index in [0.29, 0.717) is 0 Å². The molecule has 0 nitrogen and oxygen atoms in total. The second-order valence-corrected chi connectivity index (χ2v) is 12.9. The normalized spacial score (nSPS) is 22.7. The van der Waals surface area contributed by atoms with E-state index in [1.165, 1.54) is 31.7 Å². The first-order valence-corrected chi connectivity index (χ1v) is 12.2. The van der Waals surface area contributed by atoms with Gasteiger partial charge in [-0.2, -0.15) is 0 Å². The van der Waals surface area contributed by atoms with E-state index in [1.54, 1.807) is 20.2 Å². The molecule has 1 aromatic carbocycles. The Bertz CT molecular complexity index is 595. The van der Waals surface area contributed by atoms with Crippen LogP contribution in [-0.2, 0) is 20.4 Å². The molecule has 2 aliphatic rings. The Morgan fingerprint density at radius 2 is 1.76 bits per heavy atom. The van der Waals surface area contributed by atoms with Crippen molar-refractivity contribution in [1.82, 2.24) is 0 Å². The molecule has 1 atom stereocenters. The molecule has 1 aromatic rings. The quantitative estimate of drug-likeness (QED) is 0.690. The van der Waals surface area contributed by atoms with E-state index in [-0.39, 0.29) is 0 Å².